The van der Waals surface area contributed by atoms with Crippen molar-refractivity contribution in [1.29, 1.82) is 0 Å². The Morgan fingerprint density at radius 3 is 2.88 bits per heavy atom. The van der Waals surface area contributed by atoms with Crippen LogP contribution in [-0.4, -0.2) is 40.0 Å². The molecule has 0 fully saturated rings. The Morgan fingerprint density at radius 1 is 1.38 bits per heavy atom. The number of rotatable bonds is 9. The van der Waals surface area contributed by atoms with Crippen molar-refractivity contribution in [1.82, 2.24) is 5.32 Å². The molecule has 92 valence electrons. The molecule has 4 nitrogen and oxygen atoms in total. The van der Waals surface area contributed by atoms with E-state index in [2.05, 4.69) is 5.32 Å². The molecule has 0 bridgehead atoms. The zero-order valence-corrected chi connectivity index (χ0v) is 10.1. The van der Waals surface area contributed by atoms with Gasteiger partial charge in [-0.2, -0.15) is 0 Å². The normalized spacial score (nSPS) is 12.9. The zero-order chi connectivity index (χ0) is 11.6. The van der Waals surface area contributed by atoms with Crippen LogP contribution in [-0.2, 0) is 15.9 Å². The lowest BCUT2D eigenvalue weighted by Gasteiger charge is -2.15. The highest BCUT2D eigenvalue weighted by molar-refractivity contribution is 5.07. The molecule has 0 saturated carbocycles. The Hall–Kier alpha value is -0.840. The summed E-state index contributed by atoms with van der Waals surface area (Å²) in [6.45, 7) is 2.08. The van der Waals surface area contributed by atoms with Crippen molar-refractivity contribution in [3.05, 3.63) is 24.2 Å². The second kappa shape index (κ2) is 8.33. The molecule has 1 aromatic heterocycles. The van der Waals surface area contributed by atoms with Gasteiger partial charge in [0.2, 0.25) is 0 Å². The molecule has 1 unspecified atom stereocenters. The van der Waals surface area contributed by atoms with E-state index >= 15 is 0 Å². The molecular weight excluding hydrogens is 206 g/mol. The van der Waals surface area contributed by atoms with Crippen molar-refractivity contribution in [3.8, 4) is 0 Å². The van der Waals surface area contributed by atoms with Crippen molar-refractivity contribution in [3.63, 3.8) is 0 Å². The second-order valence-corrected chi connectivity index (χ2v) is 3.72. The number of hydrogen-bond acceptors (Lipinski definition) is 4. The lowest BCUT2D eigenvalue weighted by atomic mass is 10.1. The van der Waals surface area contributed by atoms with Crippen LogP contribution < -0.4 is 5.32 Å². The topological polar surface area (TPSA) is 43.6 Å². The zero-order valence-electron chi connectivity index (χ0n) is 10.1. The maximum absolute atomic E-state index is 5.44. The van der Waals surface area contributed by atoms with Gasteiger partial charge in [-0.25, -0.2) is 0 Å². The molecule has 0 aliphatic rings. The first-order valence-electron chi connectivity index (χ1n) is 5.62. The van der Waals surface area contributed by atoms with Crippen LogP contribution >= 0.6 is 0 Å². The molecule has 0 aliphatic heterocycles. The van der Waals surface area contributed by atoms with Crippen LogP contribution in [0.1, 0.15) is 12.0 Å². The van der Waals surface area contributed by atoms with E-state index in [1.807, 2.05) is 13.1 Å². The monoisotopic (exact) mass is 227 g/mol. The Labute approximate surface area is 96.9 Å². The summed E-state index contributed by atoms with van der Waals surface area (Å²) in [5.74, 6) is 0. The first-order chi connectivity index (χ1) is 7.86. The lowest BCUT2D eigenvalue weighted by Crippen LogP contribution is -2.29. The van der Waals surface area contributed by atoms with Gasteiger partial charge in [-0.3, -0.25) is 0 Å². The van der Waals surface area contributed by atoms with Crippen LogP contribution in [0.25, 0.3) is 0 Å². The average molecular weight is 227 g/mol. The van der Waals surface area contributed by atoms with Gasteiger partial charge in [0.25, 0.3) is 0 Å². The first kappa shape index (κ1) is 13.2. The van der Waals surface area contributed by atoms with Crippen molar-refractivity contribution in [2.45, 2.75) is 18.9 Å². The van der Waals surface area contributed by atoms with E-state index in [4.69, 9.17) is 13.9 Å². The predicted octanol–water partition coefficient (Wildman–Crippen LogP) is 1.46. The van der Waals surface area contributed by atoms with E-state index in [0.29, 0.717) is 19.3 Å². The van der Waals surface area contributed by atoms with Gasteiger partial charge in [-0.05, 0) is 31.5 Å². The highest BCUT2D eigenvalue weighted by Gasteiger charge is 2.07. The fourth-order valence-electron chi connectivity index (χ4n) is 1.51. The molecule has 1 N–H and O–H groups in total. The van der Waals surface area contributed by atoms with Gasteiger partial charge in [-0.15, -0.1) is 0 Å². The number of nitrogens with one attached hydrogen (secondary N) is 1. The molecule has 1 aromatic rings. The summed E-state index contributed by atoms with van der Waals surface area (Å²) in [7, 11) is 3.65. The minimum atomic E-state index is 0.431. The Kier molecular flexibility index (Phi) is 6.88. The van der Waals surface area contributed by atoms with Gasteiger partial charge in [0, 0.05) is 19.8 Å². The summed E-state index contributed by atoms with van der Waals surface area (Å²) in [5, 5.41) is 3.28. The summed E-state index contributed by atoms with van der Waals surface area (Å²) < 4.78 is 15.4. The van der Waals surface area contributed by atoms with Gasteiger partial charge in [-0.1, -0.05) is 0 Å². The lowest BCUT2D eigenvalue weighted by molar-refractivity contribution is 0.0661. The fraction of sp³-hybridized carbons (Fsp3) is 0.667. The quantitative estimate of drug-likeness (QED) is 0.649. The van der Waals surface area contributed by atoms with Crippen LogP contribution in [0.15, 0.2) is 23.0 Å². The van der Waals surface area contributed by atoms with Crippen molar-refractivity contribution in [2.75, 3.05) is 34.0 Å². The highest BCUT2D eigenvalue weighted by atomic mass is 16.5. The van der Waals surface area contributed by atoms with E-state index in [-0.39, 0.29) is 0 Å². The molecule has 0 spiro atoms. The molecule has 0 aliphatic carbocycles. The third-order valence-electron chi connectivity index (χ3n) is 2.51. The molecule has 0 saturated heterocycles. The van der Waals surface area contributed by atoms with Gasteiger partial charge in [0.15, 0.2) is 0 Å². The SMILES string of the molecule is CNC(CCOCCOC)Cc1ccoc1. The minimum Gasteiger partial charge on any atom is -0.472 e. The molecule has 1 atom stereocenters. The van der Waals surface area contributed by atoms with Crippen LogP contribution in [0.5, 0.6) is 0 Å². The smallest absolute Gasteiger partial charge is 0.0935 e. The molecule has 1 rings (SSSR count). The van der Waals surface area contributed by atoms with Crippen molar-refractivity contribution in [2.24, 2.45) is 0 Å². The van der Waals surface area contributed by atoms with Gasteiger partial charge >= 0.3 is 0 Å². The molecule has 0 amide bonds. The number of likely N-dealkylation sites (N-methyl/N-ethyl adjacent to an activating group) is 1. The van der Waals surface area contributed by atoms with Gasteiger partial charge in [0.05, 0.1) is 25.7 Å². The number of ether oxygens (including phenoxy) is 2. The second-order valence-electron chi connectivity index (χ2n) is 3.72. The third-order valence-corrected chi connectivity index (χ3v) is 2.51. The molecular formula is C12H21NO3. The van der Waals surface area contributed by atoms with Crippen molar-refractivity contribution >= 4 is 0 Å². The largest absolute Gasteiger partial charge is 0.472 e. The summed E-state index contributed by atoms with van der Waals surface area (Å²) in [5.41, 5.74) is 1.22. The summed E-state index contributed by atoms with van der Waals surface area (Å²) in [6, 6.07) is 2.43. The third kappa shape index (κ3) is 5.30. The van der Waals surface area contributed by atoms with Crippen molar-refractivity contribution < 1.29 is 13.9 Å². The summed E-state index contributed by atoms with van der Waals surface area (Å²) in [6.07, 6.45) is 5.46. The molecule has 0 radical (unpaired) electrons. The molecule has 4 heteroatoms. The standard InChI is InChI=1S/C12H21NO3/c1-13-12(4-6-15-8-7-14-2)9-11-3-5-16-10-11/h3,5,10,12-13H,4,6-9H2,1-2H3. The molecule has 0 aromatic carbocycles. The first-order valence-corrected chi connectivity index (χ1v) is 5.62. The minimum absolute atomic E-state index is 0.431. The maximum atomic E-state index is 5.44. The Balaban J connectivity index is 2.12. The number of furan rings is 1. The Morgan fingerprint density at radius 2 is 2.25 bits per heavy atom. The predicted molar refractivity (Wildman–Crippen MR) is 62.6 cm³/mol. The van der Waals surface area contributed by atoms with Crippen LogP contribution in [0.3, 0.4) is 0 Å². The molecule has 16 heavy (non-hydrogen) atoms. The van der Waals surface area contributed by atoms with Gasteiger partial charge < -0.3 is 19.2 Å². The number of methoxy groups -OCH3 is 1. The summed E-state index contributed by atoms with van der Waals surface area (Å²) >= 11 is 0. The van der Waals surface area contributed by atoms with Crippen LogP contribution in [0.2, 0.25) is 0 Å². The number of hydrogen-bond donors (Lipinski definition) is 1. The van der Waals surface area contributed by atoms with E-state index < -0.39 is 0 Å². The highest BCUT2D eigenvalue weighted by Crippen LogP contribution is 2.06. The van der Waals surface area contributed by atoms with E-state index in [1.54, 1.807) is 19.6 Å². The maximum Gasteiger partial charge on any atom is 0.0935 e. The van der Waals surface area contributed by atoms with E-state index in [9.17, 15) is 0 Å². The van der Waals surface area contributed by atoms with E-state index in [1.165, 1.54) is 5.56 Å². The van der Waals surface area contributed by atoms with Crippen LogP contribution in [0.4, 0.5) is 0 Å². The summed E-state index contributed by atoms with van der Waals surface area (Å²) in [4.78, 5) is 0. The van der Waals surface area contributed by atoms with Crippen LogP contribution in [0, 0.1) is 0 Å². The Bertz CT molecular complexity index is 249. The molecule has 1 heterocycles. The van der Waals surface area contributed by atoms with Gasteiger partial charge in [0.1, 0.15) is 0 Å². The van der Waals surface area contributed by atoms with E-state index in [0.717, 1.165) is 19.4 Å². The fourth-order valence-corrected chi connectivity index (χ4v) is 1.51. The average Bonchev–Trinajstić information content (AvgIpc) is 2.80.